The highest BCUT2D eigenvalue weighted by Gasteiger charge is 2.27. The molecule has 96 valence electrons. The van der Waals surface area contributed by atoms with E-state index in [0.717, 1.165) is 10.9 Å². The molecule has 0 fully saturated rings. The quantitative estimate of drug-likeness (QED) is 0.460. The molecule has 0 aromatic heterocycles. The van der Waals surface area contributed by atoms with Crippen molar-refractivity contribution in [3.05, 3.63) is 39.9 Å². The Morgan fingerprint density at radius 1 is 1.50 bits per heavy atom. The van der Waals surface area contributed by atoms with Crippen LogP contribution in [0.3, 0.4) is 0 Å². The van der Waals surface area contributed by atoms with E-state index < -0.39 is 4.92 Å². The summed E-state index contributed by atoms with van der Waals surface area (Å²) in [5.74, 6) is 0.542. The Kier molecular flexibility index (Phi) is 4.34. The first-order valence-corrected chi connectivity index (χ1v) is 7.31. The molecule has 7 heteroatoms. The molecule has 1 aromatic carbocycles. The van der Waals surface area contributed by atoms with E-state index in [1.165, 1.54) is 12.1 Å². The lowest BCUT2D eigenvalue weighted by molar-refractivity contribution is -0.384. The van der Waals surface area contributed by atoms with Crippen LogP contribution < -0.4 is 0 Å². The van der Waals surface area contributed by atoms with Crippen LogP contribution in [0.2, 0.25) is 0 Å². The van der Waals surface area contributed by atoms with Gasteiger partial charge in [-0.3, -0.25) is 10.1 Å². The van der Waals surface area contributed by atoms with Crippen molar-refractivity contribution in [2.75, 3.05) is 11.9 Å². The fourth-order valence-corrected chi connectivity index (χ4v) is 2.26. The first kappa shape index (κ1) is 13.5. The summed E-state index contributed by atoms with van der Waals surface area (Å²) in [7, 11) is 0. The van der Waals surface area contributed by atoms with Crippen LogP contribution in [-0.2, 0) is 4.74 Å². The molecule has 0 bridgehead atoms. The molecule has 0 saturated heterocycles. The summed E-state index contributed by atoms with van der Waals surface area (Å²) in [5.41, 5.74) is 0.824. The van der Waals surface area contributed by atoms with Gasteiger partial charge in [-0.2, -0.15) is 0 Å². The van der Waals surface area contributed by atoms with Gasteiger partial charge in [0.2, 0.25) is 5.90 Å². The van der Waals surface area contributed by atoms with E-state index in [4.69, 9.17) is 4.74 Å². The summed E-state index contributed by atoms with van der Waals surface area (Å²) in [6, 6.07) is 6.20. The molecule has 0 aliphatic carbocycles. The molecular formula is C11H10Br2N2O3. The topological polar surface area (TPSA) is 64.7 Å². The monoisotopic (exact) mass is 376 g/mol. The predicted octanol–water partition coefficient (Wildman–Crippen LogP) is 2.90. The van der Waals surface area contributed by atoms with Gasteiger partial charge in [-0.25, -0.2) is 4.99 Å². The van der Waals surface area contributed by atoms with Crippen molar-refractivity contribution in [2.24, 2.45) is 4.99 Å². The second-order valence-electron chi connectivity index (χ2n) is 3.78. The number of rotatable bonds is 4. The normalized spacial score (nSPS) is 20.1. The van der Waals surface area contributed by atoms with Gasteiger partial charge in [-0.05, 0) is 12.1 Å². The van der Waals surface area contributed by atoms with Crippen molar-refractivity contribution in [3.8, 4) is 0 Å². The van der Waals surface area contributed by atoms with Gasteiger partial charge in [0.25, 0.3) is 5.69 Å². The van der Waals surface area contributed by atoms with Gasteiger partial charge in [-0.15, -0.1) is 0 Å². The lowest BCUT2D eigenvalue weighted by Gasteiger charge is -2.15. The highest BCUT2D eigenvalue weighted by molar-refractivity contribution is 9.12. The molecular weight excluding hydrogens is 368 g/mol. The lowest BCUT2D eigenvalue weighted by Crippen LogP contribution is -2.25. The third-order valence-electron chi connectivity index (χ3n) is 2.55. The van der Waals surface area contributed by atoms with Crippen LogP contribution in [0.25, 0.3) is 0 Å². The van der Waals surface area contributed by atoms with E-state index in [1.54, 1.807) is 12.1 Å². The van der Waals surface area contributed by atoms with Gasteiger partial charge < -0.3 is 4.74 Å². The number of non-ortho nitro benzene ring substituents is 1. The fourth-order valence-electron chi connectivity index (χ4n) is 1.56. The molecule has 0 N–H and O–H groups in total. The standard InChI is InChI=1S/C11H10Br2N2O3/c12-5-9(13)10-6-14-11(18-10)7-1-3-8(4-2-7)15(16)17/h1-4,9-10H,5-6H2. The Hall–Kier alpha value is -0.950. The second-order valence-corrected chi connectivity index (χ2v) is 5.60. The Bertz CT molecular complexity index is 476. The zero-order valence-corrected chi connectivity index (χ0v) is 12.4. The Labute approximate surface area is 121 Å². The zero-order valence-electron chi connectivity index (χ0n) is 9.25. The summed E-state index contributed by atoms with van der Waals surface area (Å²) >= 11 is 6.87. The van der Waals surface area contributed by atoms with E-state index in [1.807, 2.05) is 0 Å². The van der Waals surface area contributed by atoms with E-state index >= 15 is 0 Å². The Balaban J connectivity index is 2.07. The minimum atomic E-state index is -0.427. The van der Waals surface area contributed by atoms with E-state index in [-0.39, 0.29) is 16.6 Å². The van der Waals surface area contributed by atoms with Crippen LogP contribution in [0.4, 0.5) is 5.69 Å². The summed E-state index contributed by atoms with van der Waals surface area (Å²) in [6.07, 6.45) is -0.00503. The van der Waals surface area contributed by atoms with Crippen molar-refractivity contribution in [2.45, 2.75) is 10.9 Å². The molecule has 1 aliphatic heterocycles. The van der Waals surface area contributed by atoms with Crippen LogP contribution in [0.1, 0.15) is 5.56 Å². The lowest BCUT2D eigenvalue weighted by atomic mass is 10.2. The van der Waals surface area contributed by atoms with Gasteiger partial charge in [0.1, 0.15) is 6.10 Å². The van der Waals surface area contributed by atoms with E-state index in [9.17, 15) is 10.1 Å². The number of hydrogen-bond acceptors (Lipinski definition) is 4. The number of nitro groups is 1. The third kappa shape index (κ3) is 2.89. The van der Waals surface area contributed by atoms with Gasteiger partial charge in [0.15, 0.2) is 0 Å². The van der Waals surface area contributed by atoms with Crippen molar-refractivity contribution >= 4 is 43.4 Å². The van der Waals surface area contributed by atoms with Crippen molar-refractivity contribution in [3.63, 3.8) is 0 Å². The van der Waals surface area contributed by atoms with Crippen molar-refractivity contribution < 1.29 is 9.66 Å². The molecule has 1 aliphatic rings. The molecule has 2 atom stereocenters. The maximum atomic E-state index is 10.5. The van der Waals surface area contributed by atoms with Gasteiger partial charge in [-0.1, -0.05) is 31.9 Å². The summed E-state index contributed by atoms with van der Waals surface area (Å²) in [4.78, 5) is 14.6. The highest BCUT2D eigenvalue weighted by atomic mass is 79.9. The first-order chi connectivity index (χ1) is 8.61. The summed E-state index contributed by atoms with van der Waals surface area (Å²) in [6.45, 7) is 0.591. The average Bonchev–Trinajstić information content (AvgIpc) is 2.87. The third-order valence-corrected chi connectivity index (χ3v) is 5.03. The van der Waals surface area contributed by atoms with Gasteiger partial charge >= 0.3 is 0 Å². The van der Waals surface area contributed by atoms with Crippen LogP contribution in [0, 0.1) is 10.1 Å². The molecule has 2 rings (SSSR count). The summed E-state index contributed by atoms with van der Waals surface area (Å²) < 4.78 is 5.70. The van der Waals surface area contributed by atoms with Crippen molar-refractivity contribution in [1.29, 1.82) is 0 Å². The van der Waals surface area contributed by atoms with Gasteiger partial charge in [0, 0.05) is 23.0 Å². The van der Waals surface area contributed by atoms with Crippen LogP contribution in [-0.4, -0.2) is 33.6 Å². The zero-order chi connectivity index (χ0) is 13.1. The smallest absolute Gasteiger partial charge is 0.269 e. The first-order valence-electron chi connectivity index (χ1n) is 5.28. The number of aliphatic imine (C=N–C) groups is 1. The second kappa shape index (κ2) is 5.79. The van der Waals surface area contributed by atoms with Crippen LogP contribution in [0.5, 0.6) is 0 Å². The van der Waals surface area contributed by atoms with Crippen LogP contribution in [0.15, 0.2) is 29.3 Å². The number of hydrogen-bond donors (Lipinski definition) is 0. The maximum absolute atomic E-state index is 10.5. The molecule has 0 amide bonds. The molecule has 0 radical (unpaired) electrons. The fraction of sp³-hybridized carbons (Fsp3) is 0.364. The average molecular weight is 378 g/mol. The van der Waals surface area contributed by atoms with E-state index in [2.05, 4.69) is 36.9 Å². The molecule has 1 aromatic rings. The number of benzene rings is 1. The number of ether oxygens (including phenoxy) is 1. The minimum Gasteiger partial charge on any atom is -0.471 e. The van der Waals surface area contributed by atoms with Crippen LogP contribution >= 0.6 is 31.9 Å². The molecule has 18 heavy (non-hydrogen) atoms. The molecule has 2 unspecified atom stereocenters. The molecule has 0 spiro atoms. The summed E-state index contributed by atoms with van der Waals surface area (Å²) in [5, 5.41) is 11.3. The van der Waals surface area contributed by atoms with Gasteiger partial charge in [0.05, 0.1) is 16.3 Å². The molecule has 5 nitrogen and oxygen atoms in total. The Morgan fingerprint density at radius 2 is 2.17 bits per heavy atom. The number of alkyl halides is 2. The molecule has 1 heterocycles. The maximum Gasteiger partial charge on any atom is 0.269 e. The SMILES string of the molecule is O=[N+]([O-])c1ccc(C2=NCC(C(Br)CBr)O2)cc1. The van der Waals surface area contributed by atoms with Crippen molar-refractivity contribution in [1.82, 2.24) is 0 Å². The largest absolute Gasteiger partial charge is 0.471 e. The number of halogens is 2. The molecule has 0 saturated carbocycles. The number of nitro benzene ring substituents is 1. The van der Waals surface area contributed by atoms with E-state index in [0.29, 0.717) is 12.4 Å². The Morgan fingerprint density at radius 3 is 2.72 bits per heavy atom. The predicted molar refractivity (Wildman–Crippen MR) is 75.9 cm³/mol. The number of nitrogens with zero attached hydrogens (tertiary/aromatic N) is 2. The highest BCUT2D eigenvalue weighted by Crippen LogP contribution is 2.21. The minimum absolute atomic E-state index is 0.00503.